The van der Waals surface area contributed by atoms with Crippen molar-refractivity contribution in [3.63, 3.8) is 0 Å². The van der Waals surface area contributed by atoms with E-state index in [9.17, 15) is 4.79 Å². The van der Waals surface area contributed by atoms with E-state index >= 15 is 0 Å². The van der Waals surface area contributed by atoms with Gasteiger partial charge in [0.15, 0.2) is 0 Å². The first kappa shape index (κ1) is 17.0. The average Bonchev–Trinajstić information content (AvgIpc) is 2.65. The van der Waals surface area contributed by atoms with Gasteiger partial charge in [-0.1, -0.05) is 41.9 Å². The molecule has 2 N–H and O–H groups in total. The Kier molecular flexibility index (Phi) is 5.31. The summed E-state index contributed by atoms with van der Waals surface area (Å²) in [6.45, 7) is 1.96. The number of benzene rings is 2. The van der Waals surface area contributed by atoms with E-state index in [2.05, 4.69) is 15.6 Å². The van der Waals surface area contributed by atoms with Crippen LogP contribution in [-0.2, 0) is 0 Å². The summed E-state index contributed by atoms with van der Waals surface area (Å²) in [6.07, 6.45) is 1.56. The molecule has 25 heavy (non-hydrogen) atoms. The predicted octanol–water partition coefficient (Wildman–Crippen LogP) is 4.97. The summed E-state index contributed by atoms with van der Waals surface area (Å²) in [5, 5.41) is 6.82. The van der Waals surface area contributed by atoms with Crippen LogP contribution >= 0.6 is 11.6 Å². The molecule has 0 aliphatic carbocycles. The van der Waals surface area contributed by atoms with Gasteiger partial charge in [0, 0.05) is 16.9 Å². The molecule has 4 nitrogen and oxygen atoms in total. The van der Waals surface area contributed by atoms with E-state index in [1.807, 2.05) is 49.4 Å². The van der Waals surface area contributed by atoms with Crippen molar-refractivity contribution in [1.29, 1.82) is 0 Å². The second kappa shape index (κ2) is 7.81. The lowest BCUT2D eigenvalue weighted by molar-refractivity contribution is 0.0939. The lowest BCUT2D eigenvalue weighted by atomic mass is 10.1. The minimum Gasteiger partial charge on any atom is -0.345 e. The first-order valence-corrected chi connectivity index (χ1v) is 8.34. The molecule has 1 aromatic heterocycles. The Balaban J connectivity index is 1.63. The number of carbonyl (C=O) groups is 1. The number of nitrogens with one attached hydrogen (secondary N) is 2. The molecular weight excluding hydrogens is 334 g/mol. The minimum atomic E-state index is -0.151. The van der Waals surface area contributed by atoms with E-state index in [4.69, 9.17) is 11.6 Å². The Morgan fingerprint density at radius 3 is 2.36 bits per heavy atom. The molecule has 3 aromatic rings. The first-order chi connectivity index (χ1) is 12.1. The lowest BCUT2D eigenvalue weighted by Crippen LogP contribution is -2.26. The summed E-state index contributed by atoms with van der Waals surface area (Å²) in [4.78, 5) is 16.6. The van der Waals surface area contributed by atoms with Gasteiger partial charge in [-0.25, -0.2) is 4.98 Å². The Morgan fingerprint density at radius 1 is 1.00 bits per heavy atom. The molecule has 0 radical (unpaired) electrons. The lowest BCUT2D eigenvalue weighted by Gasteiger charge is -2.14. The summed E-state index contributed by atoms with van der Waals surface area (Å²) in [5.41, 5.74) is 2.46. The highest BCUT2D eigenvalue weighted by Gasteiger charge is 2.11. The van der Waals surface area contributed by atoms with Crippen molar-refractivity contribution in [3.05, 3.63) is 89.1 Å². The van der Waals surface area contributed by atoms with Crippen LogP contribution < -0.4 is 10.6 Å². The smallest absolute Gasteiger partial charge is 0.253 e. The van der Waals surface area contributed by atoms with Crippen LogP contribution in [0.3, 0.4) is 0 Å². The van der Waals surface area contributed by atoms with Gasteiger partial charge in [-0.3, -0.25) is 4.79 Å². The number of amides is 1. The maximum atomic E-state index is 12.3. The van der Waals surface area contributed by atoms with Gasteiger partial charge in [0.2, 0.25) is 0 Å². The van der Waals surface area contributed by atoms with E-state index < -0.39 is 0 Å². The van der Waals surface area contributed by atoms with Crippen molar-refractivity contribution >= 4 is 29.0 Å². The van der Waals surface area contributed by atoms with Gasteiger partial charge in [0.05, 0.1) is 11.6 Å². The number of hydrogen-bond acceptors (Lipinski definition) is 3. The SMILES string of the molecule is CC(NC(=O)c1ccc(Nc2ccc(Cl)cc2)nc1)c1ccccc1. The van der Waals surface area contributed by atoms with Crippen LogP contribution in [-0.4, -0.2) is 10.9 Å². The molecule has 2 aromatic carbocycles. The van der Waals surface area contributed by atoms with Crippen LogP contribution in [0.15, 0.2) is 72.9 Å². The van der Waals surface area contributed by atoms with Crippen LogP contribution in [0.1, 0.15) is 28.9 Å². The fraction of sp³-hybridized carbons (Fsp3) is 0.100. The van der Waals surface area contributed by atoms with Crippen LogP contribution in [0, 0.1) is 0 Å². The summed E-state index contributed by atoms with van der Waals surface area (Å²) in [5.74, 6) is 0.511. The topological polar surface area (TPSA) is 54.0 Å². The maximum absolute atomic E-state index is 12.3. The van der Waals surface area contributed by atoms with E-state index in [1.54, 1.807) is 30.5 Å². The Bertz CT molecular complexity index is 833. The number of nitrogens with zero attached hydrogens (tertiary/aromatic N) is 1. The summed E-state index contributed by atoms with van der Waals surface area (Å²) >= 11 is 5.87. The van der Waals surface area contributed by atoms with Gasteiger partial charge >= 0.3 is 0 Å². The van der Waals surface area contributed by atoms with Crippen LogP contribution in [0.4, 0.5) is 11.5 Å². The molecular formula is C20H18ClN3O. The Hall–Kier alpha value is -2.85. The molecule has 0 bridgehead atoms. The van der Waals surface area contributed by atoms with E-state index in [-0.39, 0.29) is 11.9 Å². The molecule has 0 aliphatic heterocycles. The fourth-order valence-corrected chi connectivity index (χ4v) is 2.51. The monoisotopic (exact) mass is 351 g/mol. The molecule has 1 amide bonds. The standard InChI is InChI=1S/C20H18ClN3O/c1-14(15-5-3-2-4-6-15)23-20(25)16-7-12-19(22-13-16)24-18-10-8-17(21)9-11-18/h2-14H,1H3,(H,22,24)(H,23,25). The number of rotatable bonds is 5. The highest BCUT2D eigenvalue weighted by atomic mass is 35.5. The Labute approximate surface area is 151 Å². The third-order valence-electron chi connectivity index (χ3n) is 3.79. The zero-order valence-electron chi connectivity index (χ0n) is 13.7. The quantitative estimate of drug-likeness (QED) is 0.682. The average molecular weight is 352 g/mol. The molecule has 5 heteroatoms. The van der Waals surface area contributed by atoms with Gasteiger partial charge in [0.1, 0.15) is 5.82 Å². The second-order valence-electron chi connectivity index (χ2n) is 5.67. The fourth-order valence-electron chi connectivity index (χ4n) is 2.39. The molecule has 1 heterocycles. The molecule has 0 saturated heterocycles. The third-order valence-corrected chi connectivity index (χ3v) is 4.04. The highest BCUT2D eigenvalue weighted by Crippen LogP contribution is 2.18. The maximum Gasteiger partial charge on any atom is 0.253 e. The van der Waals surface area contributed by atoms with Gasteiger partial charge in [-0.2, -0.15) is 0 Å². The van der Waals surface area contributed by atoms with Crippen LogP contribution in [0.2, 0.25) is 5.02 Å². The number of pyridine rings is 1. The van der Waals surface area contributed by atoms with Crippen LogP contribution in [0.5, 0.6) is 0 Å². The summed E-state index contributed by atoms with van der Waals surface area (Å²) in [6, 6.07) is 20.6. The van der Waals surface area contributed by atoms with Crippen molar-refractivity contribution in [2.24, 2.45) is 0 Å². The normalized spacial score (nSPS) is 11.6. The number of anilines is 2. The van der Waals surface area contributed by atoms with Crippen LogP contribution in [0.25, 0.3) is 0 Å². The molecule has 3 rings (SSSR count). The largest absolute Gasteiger partial charge is 0.345 e. The van der Waals surface area contributed by atoms with Gasteiger partial charge in [0.25, 0.3) is 5.91 Å². The highest BCUT2D eigenvalue weighted by molar-refractivity contribution is 6.30. The van der Waals surface area contributed by atoms with Gasteiger partial charge in [-0.15, -0.1) is 0 Å². The minimum absolute atomic E-state index is 0.0689. The molecule has 1 unspecified atom stereocenters. The van der Waals surface area contributed by atoms with Crippen molar-refractivity contribution in [3.8, 4) is 0 Å². The van der Waals surface area contributed by atoms with E-state index in [0.29, 0.717) is 16.4 Å². The molecule has 0 saturated carbocycles. The number of halogens is 1. The van der Waals surface area contributed by atoms with E-state index in [1.165, 1.54) is 0 Å². The zero-order valence-corrected chi connectivity index (χ0v) is 14.5. The first-order valence-electron chi connectivity index (χ1n) is 7.96. The van der Waals surface area contributed by atoms with Crippen molar-refractivity contribution in [2.75, 3.05) is 5.32 Å². The number of carbonyl (C=O) groups excluding carboxylic acids is 1. The summed E-state index contributed by atoms with van der Waals surface area (Å²) in [7, 11) is 0. The van der Waals surface area contributed by atoms with E-state index in [0.717, 1.165) is 11.3 Å². The van der Waals surface area contributed by atoms with Crippen molar-refractivity contribution in [1.82, 2.24) is 10.3 Å². The van der Waals surface area contributed by atoms with Gasteiger partial charge in [-0.05, 0) is 48.9 Å². The molecule has 0 aliphatic rings. The molecule has 0 spiro atoms. The zero-order chi connectivity index (χ0) is 17.6. The second-order valence-corrected chi connectivity index (χ2v) is 6.11. The van der Waals surface area contributed by atoms with Crippen molar-refractivity contribution in [2.45, 2.75) is 13.0 Å². The third kappa shape index (κ3) is 4.58. The summed E-state index contributed by atoms with van der Waals surface area (Å²) < 4.78 is 0. The molecule has 1 atom stereocenters. The Morgan fingerprint density at radius 2 is 1.72 bits per heavy atom. The van der Waals surface area contributed by atoms with Gasteiger partial charge < -0.3 is 10.6 Å². The number of aromatic nitrogens is 1. The number of hydrogen-bond donors (Lipinski definition) is 2. The molecule has 126 valence electrons. The predicted molar refractivity (Wildman–Crippen MR) is 101 cm³/mol. The molecule has 0 fully saturated rings. The van der Waals surface area contributed by atoms with Crippen molar-refractivity contribution < 1.29 is 4.79 Å².